The van der Waals surface area contributed by atoms with Gasteiger partial charge in [-0.2, -0.15) is 13.2 Å². The highest BCUT2D eigenvalue weighted by Crippen LogP contribution is 2.27. The third-order valence-electron chi connectivity index (χ3n) is 2.34. The zero-order valence-corrected chi connectivity index (χ0v) is 12.2. The Labute approximate surface area is 129 Å². The average molecular weight is 346 g/mol. The molecule has 1 aromatic rings. The summed E-state index contributed by atoms with van der Waals surface area (Å²) in [6.45, 7) is -3.13. The average Bonchev–Trinajstić information content (AvgIpc) is 2.37. The van der Waals surface area contributed by atoms with Crippen LogP contribution in [0.2, 0.25) is 10.0 Å². The summed E-state index contributed by atoms with van der Waals surface area (Å²) in [6.07, 6.45) is -4.56. The predicted octanol–water partition coefficient (Wildman–Crippen LogP) is 2.76. The van der Waals surface area contributed by atoms with Gasteiger partial charge in [0.15, 0.2) is 6.61 Å². The maximum atomic E-state index is 12.3. The van der Waals surface area contributed by atoms with Gasteiger partial charge in [-0.15, -0.1) is 0 Å². The third-order valence-corrected chi connectivity index (χ3v) is 2.88. The number of benzene rings is 1. The van der Waals surface area contributed by atoms with Crippen molar-refractivity contribution in [2.75, 3.05) is 26.3 Å². The number of aliphatic hydroxyl groups is 1. The number of halogens is 5. The molecule has 21 heavy (non-hydrogen) atoms. The topological polar surface area (TPSA) is 49.8 Å². The molecule has 0 bridgehead atoms. The normalized spacial score (nSPS) is 11.3. The molecule has 0 radical (unpaired) electrons. The first-order chi connectivity index (χ1) is 9.73. The number of aliphatic hydroxyl groups excluding tert-OH is 1. The van der Waals surface area contributed by atoms with E-state index in [1.54, 1.807) is 0 Å². The fraction of sp³-hybridized carbons (Fsp3) is 0.417. The monoisotopic (exact) mass is 345 g/mol. The van der Waals surface area contributed by atoms with Crippen LogP contribution >= 0.6 is 23.2 Å². The maximum Gasteiger partial charge on any atom is 0.406 e. The molecule has 1 amide bonds. The van der Waals surface area contributed by atoms with E-state index in [1.807, 2.05) is 0 Å². The van der Waals surface area contributed by atoms with E-state index < -0.39 is 38.4 Å². The zero-order chi connectivity index (χ0) is 16.0. The van der Waals surface area contributed by atoms with Gasteiger partial charge in [0, 0.05) is 17.6 Å². The van der Waals surface area contributed by atoms with E-state index in [0.29, 0.717) is 9.92 Å². The Bertz CT molecular complexity index is 497. The van der Waals surface area contributed by atoms with Gasteiger partial charge in [-0.05, 0) is 12.1 Å². The van der Waals surface area contributed by atoms with Crippen LogP contribution in [0.4, 0.5) is 13.2 Å². The Kier molecular flexibility index (Phi) is 6.57. The molecule has 0 aromatic heterocycles. The van der Waals surface area contributed by atoms with Gasteiger partial charge in [-0.1, -0.05) is 23.2 Å². The molecule has 1 rings (SSSR count). The van der Waals surface area contributed by atoms with Crippen LogP contribution < -0.4 is 4.74 Å². The van der Waals surface area contributed by atoms with Crippen molar-refractivity contribution in [3.63, 3.8) is 0 Å². The lowest BCUT2D eigenvalue weighted by atomic mass is 10.3. The first kappa shape index (κ1) is 17.9. The highest BCUT2D eigenvalue weighted by atomic mass is 35.5. The molecular weight excluding hydrogens is 334 g/mol. The highest BCUT2D eigenvalue weighted by Gasteiger charge is 2.32. The van der Waals surface area contributed by atoms with Crippen molar-refractivity contribution in [1.29, 1.82) is 0 Å². The fourth-order valence-corrected chi connectivity index (χ4v) is 1.78. The largest absolute Gasteiger partial charge is 0.482 e. The first-order valence-corrected chi connectivity index (χ1v) is 6.52. The van der Waals surface area contributed by atoms with Gasteiger partial charge in [0.2, 0.25) is 0 Å². The molecule has 0 fully saturated rings. The van der Waals surface area contributed by atoms with Gasteiger partial charge in [0.1, 0.15) is 12.3 Å². The summed E-state index contributed by atoms with van der Waals surface area (Å²) in [7, 11) is 0. The number of carbonyl (C=O) groups excluding carboxylic acids is 1. The summed E-state index contributed by atoms with van der Waals surface area (Å²) >= 11 is 11.5. The Hall–Kier alpha value is -1.18. The summed E-state index contributed by atoms with van der Waals surface area (Å²) in [6, 6.07) is 4.28. The minimum Gasteiger partial charge on any atom is -0.482 e. The molecule has 0 aliphatic rings. The molecule has 0 spiro atoms. The van der Waals surface area contributed by atoms with Crippen LogP contribution in [-0.2, 0) is 4.79 Å². The van der Waals surface area contributed by atoms with E-state index in [1.165, 1.54) is 18.2 Å². The second-order valence-electron chi connectivity index (χ2n) is 4.02. The van der Waals surface area contributed by atoms with Crippen molar-refractivity contribution in [1.82, 2.24) is 4.90 Å². The Morgan fingerprint density at radius 2 is 2.00 bits per heavy atom. The van der Waals surface area contributed by atoms with Crippen molar-refractivity contribution >= 4 is 29.1 Å². The number of carbonyl (C=O) groups is 1. The number of ether oxygens (including phenoxy) is 1. The molecule has 9 heteroatoms. The maximum absolute atomic E-state index is 12.3. The number of amides is 1. The lowest BCUT2D eigenvalue weighted by molar-refractivity contribution is -0.163. The van der Waals surface area contributed by atoms with Gasteiger partial charge in [0.25, 0.3) is 5.91 Å². The quantitative estimate of drug-likeness (QED) is 0.862. The molecule has 0 saturated carbocycles. The zero-order valence-electron chi connectivity index (χ0n) is 10.7. The number of rotatable bonds is 6. The Morgan fingerprint density at radius 3 is 2.57 bits per heavy atom. The summed E-state index contributed by atoms with van der Waals surface area (Å²) in [5, 5.41) is 9.19. The lowest BCUT2D eigenvalue weighted by Crippen LogP contribution is -2.42. The molecule has 0 unspecified atom stereocenters. The first-order valence-electron chi connectivity index (χ1n) is 5.76. The fourth-order valence-electron chi connectivity index (χ4n) is 1.45. The van der Waals surface area contributed by atoms with Gasteiger partial charge in [-0.25, -0.2) is 0 Å². The molecule has 118 valence electrons. The van der Waals surface area contributed by atoms with Gasteiger partial charge in [0.05, 0.1) is 11.6 Å². The van der Waals surface area contributed by atoms with Crippen LogP contribution in [0.3, 0.4) is 0 Å². The highest BCUT2D eigenvalue weighted by molar-refractivity contribution is 6.34. The number of nitrogens with zero attached hydrogens (tertiary/aromatic N) is 1. The minimum atomic E-state index is -4.56. The van der Waals surface area contributed by atoms with Crippen LogP contribution in [0.5, 0.6) is 5.75 Å². The van der Waals surface area contributed by atoms with E-state index >= 15 is 0 Å². The summed E-state index contributed by atoms with van der Waals surface area (Å²) in [5.74, 6) is -0.828. The SMILES string of the molecule is O=C(COc1cc(Cl)ccc1Cl)N(CCO)CC(F)(F)F. The van der Waals surface area contributed by atoms with E-state index in [4.69, 9.17) is 33.0 Å². The molecule has 0 heterocycles. The molecule has 0 aliphatic heterocycles. The van der Waals surface area contributed by atoms with Crippen molar-refractivity contribution in [3.05, 3.63) is 28.2 Å². The molecule has 0 saturated heterocycles. The van der Waals surface area contributed by atoms with E-state index in [9.17, 15) is 18.0 Å². The number of hydrogen-bond donors (Lipinski definition) is 1. The summed E-state index contributed by atoms with van der Waals surface area (Å²) in [4.78, 5) is 12.2. The Balaban J connectivity index is 2.67. The molecule has 1 aromatic carbocycles. The van der Waals surface area contributed by atoms with E-state index in [2.05, 4.69) is 0 Å². The van der Waals surface area contributed by atoms with E-state index in [0.717, 1.165) is 0 Å². The predicted molar refractivity (Wildman–Crippen MR) is 71.7 cm³/mol. The van der Waals surface area contributed by atoms with Gasteiger partial charge < -0.3 is 14.7 Å². The lowest BCUT2D eigenvalue weighted by Gasteiger charge is -2.23. The Morgan fingerprint density at radius 1 is 1.33 bits per heavy atom. The standard InChI is InChI=1S/C12H12Cl2F3NO3/c13-8-1-2-9(14)10(5-8)21-6-11(20)18(3-4-19)7-12(15,16)17/h1-2,5,19H,3-4,6-7H2. The van der Waals surface area contributed by atoms with Crippen LogP contribution in [0.1, 0.15) is 0 Å². The smallest absolute Gasteiger partial charge is 0.406 e. The second-order valence-corrected chi connectivity index (χ2v) is 4.86. The van der Waals surface area contributed by atoms with Crippen molar-refractivity contribution in [2.45, 2.75) is 6.18 Å². The van der Waals surface area contributed by atoms with Crippen LogP contribution in [0, 0.1) is 0 Å². The van der Waals surface area contributed by atoms with Crippen molar-refractivity contribution in [3.8, 4) is 5.75 Å². The van der Waals surface area contributed by atoms with Gasteiger partial charge >= 0.3 is 6.18 Å². The number of hydrogen-bond acceptors (Lipinski definition) is 3. The minimum absolute atomic E-state index is 0.0912. The summed E-state index contributed by atoms with van der Waals surface area (Å²) < 4.78 is 42.0. The molecule has 0 atom stereocenters. The second kappa shape index (κ2) is 7.72. The van der Waals surface area contributed by atoms with Crippen molar-refractivity contribution in [2.24, 2.45) is 0 Å². The third kappa shape index (κ3) is 6.41. The van der Waals surface area contributed by atoms with Crippen LogP contribution in [0.15, 0.2) is 18.2 Å². The summed E-state index contributed by atoms with van der Waals surface area (Å²) in [5.41, 5.74) is 0. The van der Waals surface area contributed by atoms with Crippen LogP contribution in [0.25, 0.3) is 0 Å². The van der Waals surface area contributed by atoms with Crippen molar-refractivity contribution < 1.29 is 27.8 Å². The van der Waals surface area contributed by atoms with Crippen LogP contribution in [-0.4, -0.2) is 48.4 Å². The molecular formula is C12H12Cl2F3NO3. The number of alkyl halides is 3. The van der Waals surface area contributed by atoms with E-state index in [-0.39, 0.29) is 10.8 Å². The molecule has 0 aliphatic carbocycles. The molecule has 4 nitrogen and oxygen atoms in total. The van der Waals surface area contributed by atoms with Gasteiger partial charge in [-0.3, -0.25) is 4.79 Å². The molecule has 1 N–H and O–H groups in total.